The maximum Gasteiger partial charge on any atom is 0.174 e. The van der Waals surface area contributed by atoms with E-state index in [1.807, 2.05) is 0 Å². The lowest BCUT2D eigenvalue weighted by Gasteiger charge is -2.51. The van der Waals surface area contributed by atoms with Crippen molar-refractivity contribution in [1.29, 1.82) is 0 Å². The third-order valence-corrected chi connectivity index (χ3v) is 22.3. The summed E-state index contributed by atoms with van der Waals surface area (Å²) in [6, 6.07) is 2.80. The van der Waals surface area contributed by atoms with Crippen LogP contribution in [0.25, 0.3) is 0 Å². The van der Waals surface area contributed by atoms with Gasteiger partial charge in [-0.15, -0.1) is 0 Å². The zero-order valence-electron chi connectivity index (χ0n) is 13.3. The molecule has 2 aliphatic heterocycles. The first-order valence-corrected chi connectivity index (χ1v) is 14.5. The van der Waals surface area contributed by atoms with Crippen molar-refractivity contribution < 1.29 is 13.9 Å². The second-order valence-electron chi connectivity index (χ2n) is 7.57. The molecule has 19 heavy (non-hydrogen) atoms. The Morgan fingerprint density at radius 2 is 1.95 bits per heavy atom. The van der Waals surface area contributed by atoms with Gasteiger partial charge in [-0.3, -0.25) is 0 Å². The minimum absolute atomic E-state index is 0.113. The molecule has 112 valence electrons. The van der Waals surface area contributed by atoms with Crippen molar-refractivity contribution in [2.75, 3.05) is 19.8 Å². The summed E-state index contributed by atoms with van der Waals surface area (Å²) < 4.78 is 17.3. The smallest absolute Gasteiger partial charge is 0.174 e. The molecule has 0 N–H and O–H groups in total. The lowest BCUT2D eigenvalue weighted by molar-refractivity contribution is 0.0925. The lowest BCUT2D eigenvalue weighted by Crippen LogP contribution is -2.65. The SMILES string of the molecule is CC1(C)CC[Si](C)(CCCOCC2CO2)[Si](C)(C)O1. The van der Waals surface area contributed by atoms with Gasteiger partial charge in [0.25, 0.3) is 0 Å². The van der Waals surface area contributed by atoms with Gasteiger partial charge in [0.2, 0.25) is 0 Å². The minimum Gasteiger partial charge on any atom is -0.415 e. The third kappa shape index (κ3) is 4.14. The molecule has 2 rings (SSSR count). The van der Waals surface area contributed by atoms with Crippen LogP contribution >= 0.6 is 0 Å². The standard InChI is InChI=1S/C14H30O3Si2/c1-14(2)7-10-19(5,18(3,4)17-14)9-6-8-15-11-13-12-16-13/h13H,6-12H2,1-5H3. The molecule has 5 heteroatoms. The predicted octanol–water partition coefficient (Wildman–Crippen LogP) is 3.35. The molecule has 0 aromatic rings. The maximum atomic E-state index is 6.52. The van der Waals surface area contributed by atoms with Crippen molar-refractivity contribution in [2.45, 2.75) is 70.1 Å². The molecule has 2 aliphatic rings. The van der Waals surface area contributed by atoms with E-state index in [-0.39, 0.29) is 5.60 Å². The summed E-state index contributed by atoms with van der Waals surface area (Å²) >= 11 is 0. The van der Waals surface area contributed by atoms with E-state index in [0.29, 0.717) is 6.10 Å². The third-order valence-electron chi connectivity index (χ3n) is 4.99. The van der Waals surface area contributed by atoms with Crippen molar-refractivity contribution in [2.24, 2.45) is 0 Å². The minimum atomic E-state index is -1.49. The Hall–Kier alpha value is 0.314. The van der Waals surface area contributed by atoms with Crippen LogP contribution in [0.15, 0.2) is 0 Å². The van der Waals surface area contributed by atoms with Crippen LogP contribution in [-0.2, 0) is 13.9 Å². The van der Waals surface area contributed by atoms with E-state index in [9.17, 15) is 0 Å². The molecule has 0 aromatic carbocycles. The molecule has 0 spiro atoms. The summed E-state index contributed by atoms with van der Waals surface area (Å²) in [7, 11) is -2.70. The van der Waals surface area contributed by atoms with Crippen LogP contribution in [0.5, 0.6) is 0 Å². The fourth-order valence-corrected chi connectivity index (χ4v) is 14.5. The highest BCUT2D eigenvalue weighted by Gasteiger charge is 2.52. The van der Waals surface area contributed by atoms with Gasteiger partial charge in [-0.05, 0) is 39.8 Å². The van der Waals surface area contributed by atoms with Crippen molar-refractivity contribution in [3.8, 4) is 0 Å². The highest BCUT2D eigenvalue weighted by molar-refractivity contribution is 7.38. The van der Waals surface area contributed by atoms with Crippen molar-refractivity contribution in [3.05, 3.63) is 0 Å². The number of rotatable bonds is 6. The first-order valence-electron chi connectivity index (χ1n) is 7.64. The van der Waals surface area contributed by atoms with Crippen LogP contribution in [0.3, 0.4) is 0 Å². The van der Waals surface area contributed by atoms with Gasteiger partial charge in [-0.25, -0.2) is 0 Å². The maximum absolute atomic E-state index is 6.52. The van der Waals surface area contributed by atoms with Gasteiger partial charge in [0.15, 0.2) is 7.83 Å². The Morgan fingerprint density at radius 1 is 1.26 bits per heavy atom. The molecule has 0 aromatic heterocycles. The molecular weight excluding hydrogens is 272 g/mol. The lowest BCUT2D eigenvalue weighted by atomic mass is 10.1. The molecule has 2 atom stereocenters. The van der Waals surface area contributed by atoms with E-state index in [2.05, 4.69) is 33.5 Å². The van der Waals surface area contributed by atoms with E-state index < -0.39 is 15.4 Å². The van der Waals surface area contributed by atoms with Crippen LogP contribution in [0.4, 0.5) is 0 Å². The van der Waals surface area contributed by atoms with Gasteiger partial charge in [0.1, 0.15) is 6.10 Å². The first-order chi connectivity index (χ1) is 8.74. The van der Waals surface area contributed by atoms with Gasteiger partial charge >= 0.3 is 0 Å². The van der Waals surface area contributed by atoms with Crippen molar-refractivity contribution >= 4 is 15.4 Å². The summed E-state index contributed by atoms with van der Waals surface area (Å²) in [5, 5.41) is 0. The molecule has 2 saturated heterocycles. The van der Waals surface area contributed by atoms with Crippen LogP contribution < -0.4 is 0 Å². The Bertz CT molecular complexity index is 316. The summed E-state index contributed by atoms with van der Waals surface area (Å²) in [5.41, 5.74) is 0.113. The first kappa shape index (κ1) is 15.7. The van der Waals surface area contributed by atoms with Gasteiger partial charge < -0.3 is 13.9 Å². The van der Waals surface area contributed by atoms with Gasteiger partial charge in [0.05, 0.1) is 26.4 Å². The fourth-order valence-electron chi connectivity index (χ4n) is 3.11. The normalized spacial score (nSPS) is 36.2. The summed E-state index contributed by atoms with van der Waals surface area (Å²) in [6.45, 7) is 14.6. The summed E-state index contributed by atoms with van der Waals surface area (Å²) in [5.74, 6) is 0. The molecule has 0 aliphatic carbocycles. The molecule has 2 unspecified atom stereocenters. The predicted molar refractivity (Wildman–Crippen MR) is 83.7 cm³/mol. The molecule has 0 amide bonds. The summed E-state index contributed by atoms with van der Waals surface area (Å²) in [4.78, 5) is 0. The zero-order chi connectivity index (χ0) is 14.1. The molecule has 2 fully saturated rings. The Balaban J connectivity index is 1.76. The Kier molecular flexibility index (Phi) is 4.63. The largest absolute Gasteiger partial charge is 0.415 e. The van der Waals surface area contributed by atoms with Crippen LogP contribution in [0.2, 0.25) is 31.7 Å². The quantitative estimate of drug-likeness (QED) is 0.428. The number of hydrogen-bond donors (Lipinski definition) is 0. The second-order valence-corrected chi connectivity index (χ2v) is 22.1. The topological polar surface area (TPSA) is 31.0 Å². The van der Waals surface area contributed by atoms with Crippen LogP contribution in [0.1, 0.15) is 26.7 Å². The van der Waals surface area contributed by atoms with E-state index in [4.69, 9.17) is 13.9 Å². The van der Waals surface area contributed by atoms with Crippen LogP contribution in [-0.4, -0.2) is 47.0 Å². The fraction of sp³-hybridized carbons (Fsp3) is 1.00. The Morgan fingerprint density at radius 3 is 2.53 bits per heavy atom. The molecule has 3 nitrogen and oxygen atoms in total. The van der Waals surface area contributed by atoms with Gasteiger partial charge in [0, 0.05) is 6.61 Å². The summed E-state index contributed by atoms with van der Waals surface area (Å²) in [6.07, 6.45) is 2.84. The van der Waals surface area contributed by atoms with E-state index in [1.54, 1.807) is 0 Å². The molecule has 2 heterocycles. The van der Waals surface area contributed by atoms with Crippen molar-refractivity contribution in [3.63, 3.8) is 0 Å². The van der Waals surface area contributed by atoms with Crippen molar-refractivity contribution in [1.82, 2.24) is 0 Å². The average molecular weight is 303 g/mol. The monoisotopic (exact) mass is 302 g/mol. The second kappa shape index (κ2) is 5.60. The molecule has 0 radical (unpaired) electrons. The zero-order valence-corrected chi connectivity index (χ0v) is 15.3. The highest BCUT2D eigenvalue weighted by Crippen LogP contribution is 2.41. The Labute approximate surface area is 119 Å². The highest BCUT2D eigenvalue weighted by atomic mass is 29.3. The number of hydrogen-bond acceptors (Lipinski definition) is 3. The van der Waals surface area contributed by atoms with Gasteiger partial charge in [-0.1, -0.05) is 18.6 Å². The van der Waals surface area contributed by atoms with E-state index in [1.165, 1.54) is 24.9 Å². The average Bonchev–Trinajstić information content (AvgIpc) is 3.07. The van der Waals surface area contributed by atoms with Crippen LogP contribution in [0, 0.1) is 0 Å². The van der Waals surface area contributed by atoms with E-state index in [0.717, 1.165) is 19.8 Å². The molecule has 0 bridgehead atoms. The number of ether oxygens (including phenoxy) is 2. The molecule has 0 saturated carbocycles. The van der Waals surface area contributed by atoms with E-state index >= 15 is 0 Å². The number of epoxide rings is 1. The molecular formula is C14H30O3Si2. The van der Waals surface area contributed by atoms with Gasteiger partial charge in [-0.2, -0.15) is 0 Å².